The zero-order valence-electron chi connectivity index (χ0n) is 19.5. The van der Waals surface area contributed by atoms with E-state index in [1.165, 1.54) is 10.9 Å². The summed E-state index contributed by atoms with van der Waals surface area (Å²) in [6, 6.07) is 17.0. The number of hydrogen-bond acceptors (Lipinski definition) is 9. The summed E-state index contributed by atoms with van der Waals surface area (Å²) in [5.74, 6) is -1.22. The molecule has 0 amide bonds. The number of esters is 2. The number of carbonyl (C=O) groups excluding carboxylic acids is 2. The molecule has 3 heterocycles. The maximum Gasteiger partial charge on any atom is 0.338 e. The Morgan fingerprint density at radius 3 is 2.32 bits per heavy atom. The summed E-state index contributed by atoms with van der Waals surface area (Å²) in [7, 11) is 0. The highest BCUT2D eigenvalue weighted by atomic mass is 35.5. The minimum Gasteiger partial charge on any atom is -0.459 e. The summed E-state index contributed by atoms with van der Waals surface area (Å²) in [6.07, 6.45) is -1.45. The maximum absolute atomic E-state index is 13.0. The number of nitrogens with two attached hydrogens (primary N) is 1. The van der Waals surface area contributed by atoms with Crippen molar-refractivity contribution in [1.82, 2.24) is 19.5 Å². The minimum atomic E-state index is -1.34. The normalized spacial score (nSPS) is 23.2. The van der Waals surface area contributed by atoms with Crippen molar-refractivity contribution < 1.29 is 23.8 Å². The van der Waals surface area contributed by atoms with Gasteiger partial charge in [0.05, 0.1) is 17.5 Å². The number of aromatic nitrogens is 4. The standard InChI is InChI=1S/C25H21Cl2N5O5/c1-25(27)18(37-22(34)15-10-6-3-7-11-15)16(12-35-21(33)14-8-4-2-5-9-14)36-23(25)32-13-29-17-19(26)30-24(28)31-20(17)32/h2-11,13,16,18,23H,12H2,1H3,(H2,28,30,31)/t16-,18-,23-,25-/m1/s1. The molecule has 1 fully saturated rings. The first-order valence-electron chi connectivity index (χ1n) is 11.2. The van der Waals surface area contributed by atoms with Gasteiger partial charge in [0, 0.05) is 0 Å². The Balaban J connectivity index is 1.47. The van der Waals surface area contributed by atoms with E-state index >= 15 is 0 Å². The van der Waals surface area contributed by atoms with Crippen LogP contribution in [0.1, 0.15) is 33.9 Å². The number of imidazole rings is 1. The van der Waals surface area contributed by atoms with Gasteiger partial charge < -0.3 is 19.9 Å². The van der Waals surface area contributed by atoms with Crippen LogP contribution >= 0.6 is 23.2 Å². The summed E-state index contributed by atoms with van der Waals surface area (Å²) in [4.78, 5) is 36.6. The van der Waals surface area contributed by atoms with E-state index < -0.39 is 35.2 Å². The molecular formula is C25H21Cl2N5O5. The monoisotopic (exact) mass is 541 g/mol. The summed E-state index contributed by atoms with van der Waals surface area (Å²) in [6.45, 7) is 1.42. The van der Waals surface area contributed by atoms with Gasteiger partial charge in [0.15, 0.2) is 23.1 Å². The molecule has 0 saturated carbocycles. The van der Waals surface area contributed by atoms with Gasteiger partial charge in [0.2, 0.25) is 5.95 Å². The lowest BCUT2D eigenvalue weighted by molar-refractivity contribution is -0.0565. The molecule has 2 aromatic heterocycles. The predicted molar refractivity (Wildman–Crippen MR) is 135 cm³/mol. The molecular weight excluding hydrogens is 521 g/mol. The van der Waals surface area contributed by atoms with E-state index in [9.17, 15) is 9.59 Å². The largest absolute Gasteiger partial charge is 0.459 e. The number of carbonyl (C=O) groups is 2. The van der Waals surface area contributed by atoms with E-state index in [1.807, 2.05) is 0 Å². The average molecular weight is 542 g/mol. The van der Waals surface area contributed by atoms with Crippen LogP contribution in [0.3, 0.4) is 0 Å². The van der Waals surface area contributed by atoms with E-state index in [-0.39, 0.29) is 23.4 Å². The molecule has 0 bridgehead atoms. The molecule has 0 unspecified atom stereocenters. The number of halogens is 2. The van der Waals surface area contributed by atoms with Crippen molar-refractivity contribution in [2.24, 2.45) is 0 Å². The van der Waals surface area contributed by atoms with Gasteiger partial charge in [-0.2, -0.15) is 9.97 Å². The smallest absolute Gasteiger partial charge is 0.338 e. The van der Waals surface area contributed by atoms with Crippen molar-refractivity contribution >= 4 is 52.3 Å². The highest BCUT2D eigenvalue weighted by molar-refractivity contribution is 6.33. The number of hydrogen-bond donors (Lipinski definition) is 1. The van der Waals surface area contributed by atoms with Crippen LogP contribution in [0.2, 0.25) is 5.15 Å². The molecule has 5 rings (SSSR count). The summed E-state index contributed by atoms with van der Waals surface area (Å²) in [5, 5.41) is 0.0657. The lowest BCUT2D eigenvalue weighted by Crippen LogP contribution is -2.43. The van der Waals surface area contributed by atoms with Crippen molar-refractivity contribution in [2.75, 3.05) is 12.3 Å². The summed E-state index contributed by atoms with van der Waals surface area (Å²) >= 11 is 13.2. The molecule has 2 aromatic carbocycles. The number of rotatable bonds is 6. The number of anilines is 1. The van der Waals surface area contributed by atoms with E-state index in [0.29, 0.717) is 16.6 Å². The molecule has 0 spiro atoms. The van der Waals surface area contributed by atoms with E-state index in [4.69, 9.17) is 43.1 Å². The summed E-state index contributed by atoms with van der Waals surface area (Å²) in [5.41, 5.74) is 7.07. The molecule has 37 heavy (non-hydrogen) atoms. The Kier molecular flexibility index (Phi) is 6.72. The number of nitrogen functional groups attached to an aromatic ring is 1. The lowest BCUT2D eigenvalue weighted by Gasteiger charge is -2.29. The molecule has 0 radical (unpaired) electrons. The van der Waals surface area contributed by atoms with Crippen molar-refractivity contribution in [3.8, 4) is 0 Å². The fourth-order valence-electron chi connectivity index (χ4n) is 4.17. The van der Waals surface area contributed by atoms with Crippen LogP contribution in [-0.2, 0) is 14.2 Å². The van der Waals surface area contributed by atoms with Crippen LogP contribution in [0, 0.1) is 0 Å². The van der Waals surface area contributed by atoms with Crippen LogP contribution in [0.15, 0.2) is 67.0 Å². The number of nitrogens with zero attached hydrogens (tertiary/aromatic N) is 4. The van der Waals surface area contributed by atoms with Gasteiger partial charge in [-0.15, -0.1) is 11.6 Å². The molecule has 1 aliphatic rings. The highest BCUT2D eigenvalue weighted by Gasteiger charge is 2.57. The Morgan fingerprint density at radius 2 is 1.68 bits per heavy atom. The Bertz CT molecular complexity index is 1450. The molecule has 2 N–H and O–H groups in total. The van der Waals surface area contributed by atoms with Gasteiger partial charge in [-0.05, 0) is 31.2 Å². The Hall–Kier alpha value is -3.73. The number of fused-ring (bicyclic) bond motifs is 1. The minimum absolute atomic E-state index is 0.0612. The molecule has 12 heteroatoms. The van der Waals surface area contributed by atoms with Gasteiger partial charge in [0.25, 0.3) is 0 Å². The van der Waals surface area contributed by atoms with E-state index in [1.54, 1.807) is 67.6 Å². The van der Waals surface area contributed by atoms with Gasteiger partial charge in [0.1, 0.15) is 23.1 Å². The fourth-order valence-corrected chi connectivity index (χ4v) is 4.73. The van der Waals surface area contributed by atoms with Crippen molar-refractivity contribution in [3.63, 3.8) is 0 Å². The number of benzene rings is 2. The van der Waals surface area contributed by atoms with Crippen molar-refractivity contribution in [2.45, 2.75) is 30.2 Å². The van der Waals surface area contributed by atoms with Crippen LogP contribution < -0.4 is 5.73 Å². The quantitative estimate of drug-likeness (QED) is 0.218. The van der Waals surface area contributed by atoms with Gasteiger partial charge in [-0.25, -0.2) is 14.6 Å². The third-order valence-electron chi connectivity index (χ3n) is 5.96. The fraction of sp³-hybridized carbons (Fsp3) is 0.240. The molecule has 4 aromatic rings. The third-order valence-corrected chi connectivity index (χ3v) is 6.63. The lowest BCUT2D eigenvalue weighted by atomic mass is 10.0. The SMILES string of the molecule is C[C@@]1(Cl)[C@H](OC(=O)c2ccccc2)[C@@H](COC(=O)c2ccccc2)O[C@H]1n1cnc2c(Cl)nc(N)nc21. The first-order chi connectivity index (χ1) is 17.8. The van der Waals surface area contributed by atoms with Gasteiger partial charge in [-0.1, -0.05) is 48.0 Å². The zero-order chi connectivity index (χ0) is 26.2. The summed E-state index contributed by atoms with van der Waals surface area (Å²) < 4.78 is 19.1. The average Bonchev–Trinajstić information content (AvgIpc) is 3.41. The molecule has 0 aliphatic carbocycles. The third kappa shape index (κ3) is 4.83. The van der Waals surface area contributed by atoms with Crippen molar-refractivity contribution in [1.29, 1.82) is 0 Å². The second-order valence-electron chi connectivity index (χ2n) is 8.53. The topological polar surface area (TPSA) is 131 Å². The molecule has 4 atom stereocenters. The maximum atomic E-state index is 13.0. The van der Waals surface area contributed by atoms with Gasteiger partial charge in [-0.3, -0.25) is 4.57 Å². The van der Waals surface area contributed by atoms with Crippen LogP contribution in [0.4, 0.5) is 5.95 Å². The first kappa shape index (κ1) is 24.9. The second-order valence-corrected chi connectivity index (χ2v) is 9.70. The Morgan fingerprint density at radius 1 is 1.05 bits per heavy atom. The van der Waals surface area contributed by atoms with E-state index in [2.05, 4.69) is 15.0 Å². The zero-order valence-corrected chi connectivity index (χ0v) is 21.0. The molecule has 1 saturated heterocycles. The molecule has 10 nitrogen and oxygen atoms in total. The second kappa shape index (κ2) is 9.97. The predicted octanol–water partition coefficient (Wildman–Crippen LogP) is 4.04. The first-order valence-corrected chi connectivity index (χ1v) is 12.0. The number of alkyl halides is 1. The van der Waals surface area contributed by atoms with Crippen molar-refractivity contribution in [3.05, 3.63) is 83.3 Å². The van der Waals surface area contributed by atoms with E-state index in [0.717, 1.165) is 0 Å². The highest BCUT2D eigenvalue weighted by Crippen LogP contribution is 2.46. The van der Waals surface area contributed by atoms with Gasteiger partial charge >= 0.3 is 11.9 Å². The van der Waals surface area contributed by atoms with Crippen LogP contribution in [0.5, 0.6) is 0 Å². The van der Waals surface area contributed by atoms with Crippen LogP contribution in [0.25, 0.3) is 11.2 Å². The van der Waals surface area contributed by atoms with Crippen LogP contribution in [-0.4, -0.2) is 55.1 Å². The molecule has 1 aliphatic heterocycles. The Labute approximate surface area is 221 Å². The molecule has 190 valence electrons. The number of ether oxygens (including phenoxy) is 3.